The van der Waals surface area contributed by atoms with Gasteiger partial charge in [0.15, 0.2) is 10.3 Å². The Balaban J connectivity index is 0.965. The van der Waals surface area contributed by atoms with Crippen LogP contribution in [0.4, 0.5) is 10.3 Å². The average Bonchev–Trinajstić information content (AvgIpc) is 3.95. The molecule has 2 fully saturated rings. The summed E-state index contributed by atoms with van der Waals surface area (Å²) in [7, 11) is -5.80. The average molecular weight is 799 g/mol. The van der Waals surface area contributed by atoms with Gasteiger partial charge in [-0.25, -0.2) is 31.1 Å². The third-order valence-electron chi connectivity index (χ3n) is 10.1. The topological polar surface area (TPSA) is 159 Å². The van der Waals surface area contributed by atoms with E-state index in [0.29, 0.717) is 41.0 Å². The third-order valence-corrected chi connectivity index (χ3v) is 15.5. The Labute approximate surface area is 320 Å². The Morgan fingerprint density at radius 3 is 1.96 bits per heavy atom. The molecule has 12 nitrogen and oxygen atoms in total. The van der Waals surface area contributed by atoms with E-state index in [-0.39, 0.29) is 46.0 Å². The zero-order chi connectivity index (χ0) is 37.8. The van der Waals surface area contributed by atoms with Gasteiger partial charge in [-0.05, 0) is 69.7 Å². The molecule has 1 aliphatic heterocycles. The van der Waals surface area contributed by atoms with Crippen molar-refractivity contribution in [2.45, 2.75) is 87.5 Å². The van der Waals surface area contributed by atoms with E-state index in [1.54, 1.807) is 59.8 Å². The number of hydrogen-bond acceptors (Lipinski definition) is 10. The molecule has 2 aromatic heterocycles. The third kappa shape index (κ3) is 9.23. The lowest BCUT2D eigenvalue weighted by atomic mass is 10.1. The van der Waals surface area contributed by atoms with Crippen LogP contribution in [0.5, 0.6) is 0 Å². The first-order valence-electron chi connectivity index (χ1n) is 18.0. The predicted molar refractivity (Wildman–Crippen MR) is 210 cm³/mol. The second-order valence-electron chi connectivity index (χ2n) is 13.9. The van der Waals surface area contributed by atoms with E-state index < -0.39 is 20.0 Å². The van der Waals surface area contributed by atoms with Crippen molar-refractivity contribution in [2.24, 2.45) is 11.8 Å². The first-order chi connectivity index (χ1) is 25.3. The largest absolute Gasteiger partial charge is 0.302 e. The van der Waals surface area contributed by atoms with Crippen LogP contribution < -0.4 is 10.6 Å². The Bertz CT molecular complexity index is 2110. The summed E-state index contributed by atoms with van der Waals surface area (Å²) in [5, 5.41) is 10.4. The molecule has 53 heavy (non-hydrogen) atoms. The van der Waals surface area contributed by atoms with E-state index in [9.17, 15) is 26.4 Å². The molecule has 284 valence electrons. The van der Waals surface area contributed by atoms with Crippen molar-refractivity contribution < 1.29 is 26.4 Å². The standard InChI is InChI=1S/C37H46N6O6S4/c1-25(34(44)40-36-38-32(23-50-36)28-15-19-31(20-16-28)53(48,49)43-22-7-6-10-26(43)2)9-8-21-42(3)52(46,47)30-17-13-27(14-18-30)33-24-51-37(39-33)41-35(45)29-11-4-5-12-29/h13-20,23-26,29H,4-12,21-22H2,1-3H3,(H,38,40,44)(H,39,41,45). The van der Waals surface area contributed by atoms with Gasteiger partial charge in [-0.3, -0.25) is 9.59 Å². The lowest BCUT2D eigenvalue weighted by Crippen LogP contribution is -2.41. The highest BCUT2D eigenvalue weighted by Gasteiger charge is 2.31. The van der Waals surface area contributed by atoms with Crippen LogP contribution >= 0.6 is 22.7 Å². The normalized spacial score (nSPS) is 17.9. The van der Waals surface area contributed by atoms with E-state index >= 15 is 0 Å². The van der Waals surface area contributed by atoms with Gasteiger partial charge in [0.25, 0.3) is 0 Å². The highest BCUT2D eigenvalue weighted by atomic mass is 32.2. The summed E-state index contributed by atoms with van der Waals surface area (Å²) in [4.78, 5) is 34.9. The lowest BCUT2D eigenvalue weighted by molar-refractivity contribution is -0.120. The minimum absolute atomic E-state index is 0.00940. The maximum absolute atomic E-state index is 13.3. The number of thiazole rings is 2. The van der Waals surface area contributed by atoms with Gasteiger partial charge in [0.1, 0.15) is 0 Å². The molecule has 1 saturated heterocycles. The van der Waals surface area contributed by atoms with E-state index in [1.165, 1.54) is 34.0 Å². The molecule has 0 radical (unpaired) electrons. The fraction of sp³-hybridized carbons (Fsp3) is 0.459. The van der Waals surface area contributed by atoms with Crippen LogP contribution in [0.25, 0.3) is 22.5 Å². The molecule has 2 N–H and O–H groups in total. The number of nitrogens with one attached hydrogen (secondary N) is 2. The Morgan fingerprint density at radius 1 is 0.830 bits per heavy atom. The summed E-state index contributed by atoms with van der Waals surface area (Å²) in [6.45, 7) is 4.51. The molecule has 2 aliphatic rings. The molecule has 2 unspecified atom stereocenters. The Morgan fingerprint density at radius 2 is 1.38 bits per heavy atom. The van der Waals surface area contributed by atoms with Crippen LogP contribution in [0.3, 0.4) is 0 Å². The van der Waals surface area contributed by atoms with Crippen LogP contribution in [0, 0.1) is 11.8 Å². The molecule has 0 bridgehead atoms. The van der Waals surface area contributed by atoms with Gasteiger partial charge in [-0.2, -0.15) is 4.31 Å². The molecule has 0 spiro atoms. The SMILES string of the molecule is CC(CCCN(C)S(=O)(=O)c1ccc(-c2csc(NC(=O)C3CCCC3)n2)cc1)C(=O)Nc1nc(-c2ccc(S(=O)(=O)N3CCCCC3C)cc2)cs1. The minimum Gasteiger partial charge on any atom is -0.302 e. The number of amides is 2. The summed E-state index contributed by atoms with van der Waals surface area (Å²) >= 11 is 2.63. The molecular weight excluding hydrogens is 753 g/mol. The van der Waals surface area contributed by atoms with E-state index in [1.807, 2.05) is 17.7 Å². The molecule has 3 heterocycles. The number of piperidine rings is 1. The van der Waals surface area contributed by atoms with Gasteiger partial charge in [0.05, 0.1) is 21.2 Å². The molecule has 4 aromatic rings. The van der Waals surface area contributed by atoms with Crippen molar-refractivity contribution in [3.63, 3.8) is 0 Å². The molecule has 1 saturated carbocycles. The van der Waals surface area contributed by atoms with Gasteiger partial charge in [-0.1, -0.05) is 50.5 Å². The second kappa shape index (κ2) is 16.9. The van der Waals surface area contributed by atoms with Crippen LogP contribution in [0.2, 0.25) is 0 Å². The highest BCUT2D eigenvalue weighted by Crippen LogP contribution is 2.31. The van der Waals surface area contributed by atoms with Crippen molar-refractivity contribution in [3.05, 3.63) is 59.3 Å². The van der Waals surface area contributed by atoms with Crippen molar-refractivity contribution >= 4 is 64.8 Å². The molecule has 16 heteroatoms. The highest BCUT2D eigenvalue weighted by molar-refractivity contribution is 7.89. The van der Waals surface area contributed by atoms with Crippen LogP contribution in [-0.4, -0.2) is 73.4 Å². The van der Waals surface area contributed by atoms with Gasteiger partial charge >= 0.3 is 0 Å². The molecule has 2 aromatic carbocycles. The van der Waals surface area contributed by atoms with E-state index in [0.717, 1.165) is 56.1 Å². The molecule has 2 amide bonds. The summed E-state index contributed by atoms with van der Waals surface area (Å²) in [5.74, 6) is -0.545. The molecular formula is C37H46N6O6S4. The minimum atomic E-state index is -3.75. The maximum atomic E-state index is 13.3. The van der Waals surface area contributed by atoms with Gasteiger partial charge < -0.3 is 10.6 Å². The number of carbonyl (C=O) groups is 2. The summed E-state index contributed by atoms with van der Waals surface area (Å²) in [5.41, 5.74) is 2.80. The van der Waals surface area contributed by atoms with Gasteiger partial charge in [0, 0.05) is 59.9 Å². The number of carbonyl (C=O) groups excluding carboxylic acids is 2. The Hall–Kier alpha value is -3.54. The maximum Gasteiger partial charge on any atom is 0.243 e. The fourth-order valence-electron chi connectivity index (χ4n) is 6.76. The number of rotatable bonds is 14. The van der Waals surface area contributed by atoms with E-state index in [4.69, 9.17) is 0 Å². The van der Waals surface area contributed by atoms with Crippen molar-refractivity contribution in [1.29, 1.82) is 0 Å². The molecule has 2 atom stereocenters. The van der Waals surface area contributed by atoms with Gasteiger partial charge in [-0.15, -0.1) is 22.7 Å². The monoisotopic (exact) mass is 798 g/mol. The number of aromatic nitrogens is 2. The first-order valence-corrected chi connectivity index (χ1v) is 22.7. The molecule has 6 rings (SSSR count). The summed E-state index contributed by atoms with van der Waals surface area (Å²) in [6, 6.07) is 13.2. The zero-order valence-corrected chi connectivity index (χ0v) is 33.4. The molecule has 1 aliphatic carbocycles. The van der Waals surface area contributed by atoms with E-state index in [2.05, 4.69) is 20.6 Å². The number of anilines is 2. The smallest absolute Gasteiger partial charge is 0.243 e. The second-order valence-corrected chi connectivity index (χ2v) is 19.6. The Kier molecular flexibility index (Phi) is 12.5. The van der Waals surface area contributed by atoms with Crippen LogP contribution in [0.1, 0.15) is 71.6 Å². The number of benzene rings is 2. The lowest BCUT2D eigenvalue weighted by Gasteiger charge is -2.32. The van der Waals surface area contributed by atoms with Crippen LogP contribution in [-0.2, 0) is 29.6 Å². The fourth-order valence-corrected chi connectivity index (χ4v) is 11.1. The van der Waals surface area contributed by atoms with Crippen molar-refractivity contribution in [2.75, 3.05) is 30.8 Å². The summed E-state index contributed by atoms with van der Waals surface area (Å²) in [6.07, 6.45) is 7.68. The quantitative estimate of drug-likeness (QED) is 0.135. The number of nitrogens with zero attached hydrogens (tertiary/aromatic N) is 4. The van der Waals surface area contributed by atoms with Gasteiger partial charge in [0.2, 0.25) is 31.9 Å². The summed E-state index contributed by atoms with van der Waals surface area (Å²) < 4.78 is 55.9. The predicted octanol–water partition coefficient (Wildman–Crippen LogP) is 7.30. The number of hydrogen-bond donors (Lipinski definition) is 2. The van der Waals surface area contributed by atoms with Crippen molar-refractivity contribution in [1.82, 2.24) is 18.6 Å². The number of sulfonamides is 2. The first kappa shape index (κ1) is 39.2. The van der Waals surface area contributed by atoms with Crippen molar-refractivity contribution in [3.8, 4) is 22.5 Å². The van der Waals surface area contributed by atoms with Crippen LogP contribution in [0.15, 0.2) is 69.1 Å². The zero-order valence-electron chi connectivity index (χ0n) is 30.2.